The molecule has 2 rings (SSSR count). The molecule has 0 saturated heterocycles. The number of carbonyl (C=O) groups excluding carboxylic acids is 1. The summed E-state index contributed by atoms with van der Waals surface area (Å²) in [6.07, 6.45) is 1.21. The topological polar surface area (TPSA) is 88.8 Å². The number of hydrogen-bond donors (Lipinski definition) is 3. The number of allylic oxidation sites excluding steroid dienone is 1. The molecule has 0 aliphatic rings. The number of anilines is 1. The number of rotatable bonds is 5. The van der Waals surface area contributed by atoms with Crippen LogP contribution in [-0.2, 0) is 4.79 Å². The van der Waals surface area contributed by atoms with E-state index in [4.69, 9.17) is 22.3 Å². The maximum absolute atomic E-state index is 13.7. The second-order valence-electron chi connectivity index (χ2n) is 5.11. The molecule has 8 heteroatoms. The lowest BCUT2D eigenvalue weighted by Crippen LogP contribution is -2.24. The lowest BCUT2D eigenvalue weighted by Gasteiger charge is -2.10. The molecule has 26 heavy (non-hydrogen) atoms. The first-order chi connectivity index (χ1) is 12.3. The highest BCUT2D eigenvalue weighted by Crippen LogP contribution is 2.19. The molecule has 2 aromatic rings. The van der Waals surface area contributed by atoms with Crippen molar-refractivity contribution in [3.8, 4) is 6.07 Å². The second-order valence-corrected chi connectivity index (χ2v) is 5.52. The van der Waals surface area contributed by atoms with Gasteiger partial charge in [0.2, 0.25) is 0 Å². The average Bonchev–Trinajstić information content (AvgIpc) is 2.62. The molecule has 0 heterocycles. The molecule has 1 amide bonds. The molecule has 0 aromatic heterocycles. The highest BCUT2D eigenvalue weighted by molar-refractivity contribution is 6.31. The van der Waals surface area contributed by atoms with Gasteiger partial charge in [-0.25, -0.2) is 8.78 Å². The van der Waals surface area contributed by atoms with Gasteiger partial charge < -0.3 is 16.0 Å². The van der Waals surface area contributed by atoms with Crippen molar-refractivity contribution in [2.24, 2.45) is 0 Å². The fourth-order valence-corrected chi connectivity index (χ4v) is 2.21. The van der Waals surface area contributed by atoms with Crippen molar-refractivity contribution in [2.75, 3.05) is 12.4 Å². The first-order valence-corrected chi connectivity index (χ1v) is 7.68. The predicted octanol–water partition coefficient (Wildman–Crippen LogP) is 3.60. The number of benzene rings is 2. The van der Waals surface area contributed by atoms with Crippen LogP contribution in [0, 0.1) is 28.4 Å². The maximum atomic E-state index is 13.7. The zero-order valence-corrected chi connectivity index (χ0v) is 14.3. The van der Waals surface area contributed by atoms with Gasteiger partial charge in [0.25, 0.3) is 5.91 Å². The van der Waals surface area contributed by atoms with E-state index in [9.17, 15) is 13.6 Å². The Morgan fingerprint density at radius 2 is 1.96 bits per heavy atom. The summed E-state index contributed by atoms with van der Waals surface area (Å²) in [6, 6.07) is 9.11. The van der Waals surface area contributed by atoms with Gasteiger partial charge in [-0.05, 0) is 36.4 Å². The molecule has 0 atom stereocenters. The summed E-state index contributed by atoms with van der Waals surface area (Å²) in [7, 11) is 1.48. The fourth-order valence-electron chi connectivity index (χ4n) is 2.02. The summed E-state index contributed by atoms with van der Waals surface area (Å²) in [5, 5.41) is 21.7. The molecule has 132 valence electrons. The molecule has 0 saturated carbocycles. The number of nitrogens with zero attached hydrogens (tertiary/aromatic N) is 1. The fraction of sp³-hybridized carbons (Fsp3) is 0.0556. The zero-order chi connectivity index (χ0) is 19.3. The van der Waals surface area contributed by atoms with Crippen molar-refractivity contribution in [3.05, 3.63) is 76.0 Å². The number of amides is 1. The van der Waals surface area contributed by atoms with E-state index in [1.165, 1.54) is 37.4 Å². The van der Waals surface area contributed by atoms with Gasteiger partial charge in [0.1, 0.15) is 23.4 Å². The van der Waals surface area contributed by atoms with Crippen molar-refractivity contribution in [2.45, 2.75) is 0 Å². The van der Waals surface area contributed by atoms with E-state index < -0.39 is 17.5 Å². The third kappa shape index (κ3) is 4.43. The Morgan fingerprint density at radius 1 is 1.23 bits per heavy atom. The number of likely N-dealkylation sites (N-methyl/N-ethyl adjacent to an activating group) is 1. The maximum Gasteiger partial charge on any atom is 0.271 e. The molecule has 0 fully saturated rings. The number of carbonyl (C=O) groups is 1. The Balaban J connectivity index is 2.21. The summed E-state index contributed by atoms with van der Waals surface area (Å²) in [4.78, 5) is 12.3. The van der Waals surface area contributed by atoms with Gasteiger partial charge in [0.05, 0.1) is 16.3 Å². The first kappa shape index (κ1) is 19.1. The van der Waals surface area contributed by atoms with Crippen molar-refractivity contribution >= 4 is 28.9 Å². The molecular formula is C18H13ClF2N4O. The first-order valence-electron chi connectivity index (χ1n) is 7.30. The summed E-state index contributed by atoms with van der Waals surface area (Å²) in [5.41, 5.74) is 0.237. The van der Waals surface area contributed by atoms with Crippen LogP contribution in [0.25, 0.3) is 0 Å². The summed E-state index contributed by atoms with van der Waals surface area (Å²) < 4.78 is 26.8. The van der Waals surface area contributed by atoms with E-state index in [2.05, 4.69) is 10.6 Å². The van der Waals surface area contributed by atoms with Gasteiger partial charge >= 0.3 is 0 Å². The standard InChI is InChI=1S/C18H13ClF2N4O/c1-24-17(18(26)25-12-4-5-14(20)13(19)7-12)8-16(23)10-2-3-11(9-22)15(21)6-10/h2-8,23-24H,1H3,(H,25,26)/b17-8-,23-16?. The number of nitrogens with one attached hydrogen (secondary N) is 3. The molecule has 0 radical (unpaired) electrons. The van der Waals surface area contributed by atoms with Crippen LogP contribution >= 0.6 is 11.6 Å². The van der Waals surface area contributed by atoms with Crippen LogP contribution < -0.4 is 10.6 Å². The SMILES string of the molecule is CN/C(=C\C(=N)c1ccc(C#N)c(F)c1)C(=O)Nc1ccc(F)c(Cl)c1. The minimum Gasteiger partial charge on any atom is -0.384 e. The average molecular weight is 375 g/mol. The summed E-state index contributed by atoms with van der Waals surface area (Å²) in [6.45, 7) is 0. The Bertz CT molecular complexity index is 951. The molecular weight excluding hydrogens is 362 g/mol. The third-order valence-corrected chi connectivity index (χ3v) is 3.67. The predicted molar refractivity (Wildman–Crippen MR) is 95.1 cm³/mol. The lowest BCUT2D eigenvalue weighted by atomic mass is 10.1. The molecule has 2 aromatic carbocycles. The molecule has 3 N–H and O–H groups in total. The Hall–Kier alpha value is -3.24. The van der Waals surface area contributed by atoms with Gasteiger partial charge in [0.15, 0.2) is 0 Å². The minimum atomic E-state index is -0.750. The summed E-state index contributed by atoms with van der Waals surface area (Å²) in [5.74, 6) is -1.95. The van der Waals surface area contributed by atoms with Gasteiger partial charge in [-0.15, -0.1) is 0 Å². The highest BCUT2D eigenvalue weighted by atomic mass is 35.5. The molecule has 0 aliphatic heterocycles. The largest absolute Gasteiger partial charge is 0.384 e. The van der Waals surface area contributed by atoms with Crippen molar-refractivity contribution in [1.29, 1.82) is 10.7 Å². The normalized spacial score (nSPS) is 10.8. The Labute approximate surface area is 153 Å². The smallest absolute Gasteiger partial charge is 0.271 e. The van der Waals surface area contributed by atoms with E-state index >= 15 is 0 Å². The van der Waals surface area contributed by atoms with Crippen molar-refractivity contribution < 1.29 is 13.6 Å². The second kappa shape index (κ2) is 8.23. The van der Waals surface area contributed by atoms with Crippen LogP contribution in [0.15, 0.2) is 48.2 Å². The van der Waals surface area contributed by atoms with Crippen LogP contribution in [0.2, 0.25) is 5.02 Å². The van der Waals surface area contributed by atoms with Crippen LogP contribution in [0.5, 0.6) is 0 Å². The van der Waals surface area contributed by atoms with Crippen LogP contribution in [0.3, 0.4) is 0 Å². The quantitative estimate of drug-likeness (QED) is 0.552. The molecule has 5 nitrogen and oxygen atoms in total. The summed E-state index contributed by atoms with van der Waals surface area (Å²) >= 11 is 5.67. The van der Waals surface area contributed by atoms with Gasteiger partial charge in [-0.1, -0.05) is 17.7 Å². The molecule has 0 spiro atoms. The van der Waals surface area contributed by atoms with Crippen LogP contribution in [0.4, 0.5) is 14.5 Å². The van der Waals surface area contributed by atoms with E-state index in [0.29, 0.717) is 0 Å². The van der Waals surface area contributed by atoms with Gasteiger partial charge in [-0.2, -0.15) is 5.26 Å². The lowest BCUT2D eigenvalue weighted by molar-refractivity contribution is -0.113. The minimum absolute atomic E-state index is 0.0280. The van der Waals surface area contributed by atoms with Crippen LogP contribution in [-0.4, -0.2) is 18.7 Å². The van der Waals surface area contributed by atoms with Crippen molar-refractivity contribution in [3.63, 3.8) is 0 Å². The van der Waals surface area contributed by atoms with E-state index in [1.807, 2.05) is 0 Å². The number of nitriles is 1. The number of hydrogen-bond acceptors (Lipinski definition) is 4. The van der Waals surface area contributed by atoms with Crippen LogP contribution in [0.1, 0.15) is 11.1 Å². The third-order valence-electron chi connectivity index (χ3n) is 3.38. The van der Waals surface area contributed by atoms with E-state index in [1.54, 1.807) is 6.07 Å². The highest BCUT2D eigenvalue weighted by Gasteiger charge is 2.12. The monoisotopic (exact) mass is 374 g/mol. The molecule has 0 bridgehead atoms. The Kier molecular flexibility index (Phi) is 6.04. The number of halogens is 3. The zero-order valence-electron chi connectivity index (χ0n) is 13.5. The van der Waals surface area contributed by atoms with Crippen molar-refractivity contribution in [1.82, 2.24) is 5.32 Å². The van der Waals surface area contributed by atoms with Gasteiger partial charge in [-0.3, -0.25) is 4.79 Å². The van der Waals surface area contributed by atoms with E-state index in [-0.39, 0.29) is 33.2 Å². The van der Waals surface area contributed by atoms with E-state index in [0.717, 1.165) is 12.1 Å². The Morgan fingerprint density at radius 3 is 2.54 bits per heavy atom. The molecule has 0 unspecified atom stereocenters. The van der Waals surface area contributed by atoms with Gasteiger partial charge in [0, 0.05) is 18.3 Å². The molecule has 0 aliphatic carbocycles.